The molecule has 0 aromatic carbocycles. The van der Waals surface area contributed by atoms with Gasteiger partial charge in [-0.25, -0.2) is 0 Å². The third-order valence-electron chi connectivity index (χ3n) is 3.25. The van der Waals surface area contributed by atoms with Gasteiger partial charge in [0, 0.05) is 26.2 Å². The van der Waals surface area contributed by atoms with Gasteiger partial charge >= 0.3 is 0 Å². The van der Waals surface area contributed by atoms with E-state index >= 15 is 0 Å². The Morgan fingerprint density at radius 1 is 1.14 bits per heavy atom. The molecule has 1 heterocycles. The van der Waals surface area contributed by atoms with Crippen LogP contribution in [0.25, 0.3) is 0 Å². The standard InChI is InChI=1S/C11H25N3/c1-11(2,10-12)4-5-14-8-6-13(3)7-9-14/h4-10,12H2,1-3H3. The van der Waals surface area contributed by atoms with Gasteiger partial charge in [0.05, 0.1) is 0 Å². The number of rotatable bonds is 4. The summed E-state index contributed by atoms with van der Waals surface area (Å²) in [7, 11) is 2.20. The minimum absolute atomic E-state index is 0.309. The Balaban J connectivity index is 2.19. The Bertz CT molecular complexity index is 160. The summed E-state index contributed by atoms with van der Waals surface area (Å²) in [5, 5.41) is 0. The minimum Gasteiger partial charge on any atom is -0.330 e. The van der Waals surface area contributed by atoms with Crippen molar-refractivity contribution in [3.63, 3.8) is 0 Å². The Morgan fingerprint density at radius 2 is 1.71 bits per heavy atom. The van der Waals surface area contributed by atoms with Crippen LogP contribution in [0.15, 0.2) is 0 Å². The molecular formula is C11H25N3. The summed E-state index contributed by atoms with van der Waals surface area (Å²) in [6.45, 7) is 11.4. The van der Waals surface area contributed by atoms with Crippen LogP contribution in [0.3, 0.4) is 0 Å². The second kappa shape index (κ2) is 5.10. The zero-order valence-corrected chi connectivity index (χ0v) is 9.92. The average molecular weight is 199 g/mol. The molecule has 3 heteroatoms. The van der Waals surface area contributed by atoms with Gasteiger partial charge < -0.3 is 15.5 Å². The van der Waals surface area contributed by atoms with Crippen LogP contribution in [0.2, 0.25) is 0 Å². The van der Waals surface area contributed by atoms with Gasteiger partial charge in [-0.05, 0) is 32.0 Å². The van der Waals surface area contributed by atoms with Crippen molar-refractivity contribution in [3.05, 3.63) is 0 Å². The van der Waals surface area contributed by atoms with Crippen LogP contribution in [0, 0.1) is 5.41 Å². The fraction of sp³-hybridized carbons (Fsp3) is 1.00. The van der Waals surface area contributed by atoms with Gasteiger partial charge in [-0.3, -0.25) is 0 Å². The van der Waals surface area contributed by atoms with Gasteiger partial charge in [-0.1, -0.05) is 13.8 Å². The summed E-state index contributed by atoms with van der Waals surface area (Å²) < 4.78 is 0. The van der Waals surface area contributed by atoms with Crippen molar-refractivity contribution in [2.24, 2.45) is 11.1 Å². The van der Waals surface area contributed by atoms with Gasteiger partial charge in [0.25, 0.3) is 0 Å². The molecule has 0 aliphatic carbocycles. The highest BCUT2D eigenvalue weighted by Gasteiger charge is 2.19. The summed E-state index contributed by atoms with van der Waals surface area (Å²) in [5.74, 6) is 0. The van der Waals surface area contributed by atoms with E-state index in [2.05, 4.69) is 30.7 Å². The van der Waals surface area contributed by atoms with Crippen LogP contribution in [-0.4, -0.2) is 56.1 Å². The SMILES string of the molecule is CN1CCN(CCC(C)(C)CN)CC1. The number of nitrogens with two attached hydrogens (primary N) is 1. The van der Waals surface area contributed by atoms with Crippen molar-refractivity contribution in [3.8, 4) is 0 Å². The Labute approximate surface area is 88.2 Å². The van der Waals surface area contributed by atoms with Crippen LogP contribution >= 0.6 is 0 Å². The van der Waals surface area contributed by atoms with E-state index in [1.165, 1.54) is 39.1 Å². The Hall–Kier alpha value is -0.120. The monoisotopic (exact) mass is 199 g/mol. The molecule has 1 saturated heterocycles. The molecule has 1 rings (SSSR count). The predicted molar refractivity (Wildman–Crippen MR) is 61.4 cm³/mol. The molecule has 0 aromatic heterocycles. The molecule has 0 aromatic rings. The highest BCUT2D eigenvalue weighted by Crippen LogP contribution is 2.18. The van der Waals surface area contributed by atoms with Crippen molar-refractivity contribution < 1.29 is 0 Å². The van der Waals surface area contributed by atoms with Crippen LogP contribution < -0.4 is 5.73 Å². The van der Waals surface area contributed by atoms with E-state index in [0.29, 0.717) is 5.41 Å². The highest BCUT2D eigenvalue weighted by atomic mass is 15.2. The first-order valence-electron chi connectivity index (χ1n) is 5.64. The van der Waals surface area contributed by atoms with Gasteiger partial charge in [-0.2, -0.15) is 0 Å². The number of nitrogens with zero attached hydrogens (tertiary/aromatic N) is 2. The first kappa shape index (κ1) is 12.0. The van der Waals surface area contributed by atoms with Crippen molar-refractivity contribution in [2.75, 3.05) is 46.3 Å². The summed E-state index contributed by atoms with van der Waals surface area (Å²) in [5.41, 5.74) is 6.03. The topological polar surface area (TPSA) is 32.5 Å². The molecule has 0 bridgehead atoms. The van der Waals surface area contributed by atoms with Crippen LogP contribution in [0.5, 0.6) is 0 Å². The molecule has 0 amide bonds. The Morgan fingerprint density at radius 3 is 2.21 bits per heavy atom. The summed E-state index contributed by atoms with van der Waals surface area (Å²) >= 11 is 0. The van der Waals surface area contributed by atoms with Gasteiger partial charge in [-0.15, -0.1) is 0 Å². The molecule has 14 heavy (non-hydrogen) atoms. The average Bonchev–Trinajstić information content (AvgIpc) is 2.17. The molecule has 0 unspecified atom stereocenters. The van der Waals surface area contributed by atoms with E-state index in [0.717, 1.165) is 6.54 Å². The second-order valence-corrected chi connectivity index (χ2v) is 5.26. The van der Waals surface area contributed by atoms with Crippen LogP contribution in [0.1, 0.15) is 20.3 Å². The van der Waals surface area contributed by atoms with Crippen LogP contribution in [0.4, 0.5) is 0 Å². The molecule has 3 nitrogen and oxygen atoms in total. The largest absolute Gasteiger partial charge is 0.330 e. The molecule has 0 radical (unpaired) electrons. The first-order chi connectivity index (χ1) is 6.53. The molecule has 2 N–H and O–H groups in total. The minimum atomic E-state index is 0.309. The summed E-state index contributed by atoms with van der Waals surface area (Å²) in [6, 6.07) is 0. The smallest absolute Gasteiger partial charge is 0.0110 e. The maximum Gasteiger partial charge on any atom is 0.0110 e. The number of piperazine rings is 1. The lowest BCUT2D eigenvalue weighted by atomic mass is 9.89. The normalized spacial score (nSPS) is 21.4. The molecule has 0 spiro atoms. The number of likely N-dealkylation sites (N-methyl/N-ethyl adjacent to an activating group) is 1. The Kier molecular flexibility index (Phi) is 4.35. The quantitative estimate of drug-likeness (QED) is 0.720. The summed E-state index contributed by atoms with van der Waals surface area (Å²) in [4.78, 5) is 4.95. The van der Waals surface area contributed by atoms with Crippen molar-refractivity contribution in [1.29, 1.82) is 0 Å². The second-order valence-electron chi connectivity index (χ2n) is 5.26. The lowest BCUT2D eigenvalue weighted by Gasteiger charge is -2.34. The summed E-state index contributed by atoms with van der Waals surface area (Å²) in [6.07, 6.45) is 1.22. The highest BCUT2D eigenvalue weighted by molar-refractivity contribution is 4.74. The van der Waals surface area contributed by atoms with Crippen LogP contribution in [-0.2, 0) is 0 Å². The lowest BCUT2D eigenvalue weighted by Crippen LogP contribution is -2.45. The van der Waals surface area contributed by atoms with E-state index in [1.54, 1.807) is 0 Å². The van der Waals surface area contributed by atoms with Gasteiger partial charge in [0.2, 0.25) is 0 Å². The fourth-order valence-corrected chi connectivity index (χ4v) is 1.63. The first-order valence-corrected chi connectivity index (χ1v) is 5.64. The lowest BCUT2D eigenvalue weighted by molar-refractivity contribution is 0.137. The molecule has 1 aliphatic rings. The zero-order valence-electron chi connectivity index (χ0n) is 9.92. The predicted octanol–water partition coefficient (Wildman–Crippen LogP) is 0.609. The third-order valence-corrected chi connectivity index (χ3v) is 3.25. The zero-order chi connectivity index (χ0) is 10.6. The van der Waals surface area contributed by atoms with Gasteiger partial charge in [0.1, 0.15) is 0 Å². The molecule has 1 fully saturated rings. The fourth-order valence-electron chi connectivity index (χ4n) is 1.63. The third kappa shape index (κ3) is 3.95. The maximum atomic E-state index is 5.72. The molecule has 84 valence electrons. The maximum absolute atomic E-state index is 5.72. The molecule has 0 atom stereocenters. The molecular weight excluding hydrogens is 174 g/mol. The van der Waals surface area contributed by atoms with Crippen molar-refractivity contribution >= 4 is 0 Å². The van der Waals surface area contributed by atoms with E-state index < -0.39 is 0 Å². The number of hydrogen-bond acceptors (Lipinski definition) is 3. The van der Waals surface area contributed by atoms with Crippen molar-refractivity contribution in [2.45, 2.75) is 20.3 Å². The van der Waals surface area contributed by atoms with E-state index in [4.69, 9.17) is 5.73 Å². The van der Waals surface area contributed by atoms with E-state index in [9.17, 15) is 0 Å². The molecule has 1 aliphatic heterocycles. The van der Waals surface area contributed by atoms with E-state index in [-0.39, 0.29) is 0 Å². The van der Waals surface area contributed by atoms with Crippen molar-refractivity contribution in [1.82, 2.24) is 9.80 Å². The van der Waals surface area contributed by atoms with Gasteiger partial charge in [0.15, 0.2) is 0 Å². The van der Waals surface area contributed by atoms with E-state index in [1.807, 2.05) is 0 Å². The number of hydrogen-bond donors (Lipinski definition) is 1. The molecule has 0 saturated carbocycles.